The molecule has 8 heteroatoms. The third-order valence-corrected chi connectivity index (χ3v) is 6.39. The molecular weight excluding hydrogens is 443 g/mol. The Morgan fingerprint density at radius 2 is 1.97 bits per heavy atom. The third-order valence-electron chi connectivity index (χ3n) is 5.96. The number of rotatable bonds is 7. The summed E-state index contributed by atoms with van der Waals surface area (Å²) >= 11 is 6.45. The maximum Gasteiger partial charge on any atom is 0.416 e. The Kier molecular flexibility index (Phi) is 6.38. The van der Waals surface area contributed by atoms with Crippen molar-refractivity contribution < 1.29 is 27.4 Å². The number of aromatic nitrogens is 1. The van der Waals surface area contributed by atoms with Crippen molar-refractivity contribution in [2.75, 3.05) is 7.11 Å². The largest absolute Gasteiger partial charge is 0.489 e. The van der Waals surface area contributed by atoms with Crippen LogP contribution in [0.5, 0.6) is 5.75 Å². The fourth-order valence-electron chi connectivity index (χ4n) is 3.97. The number of benzene rings is 2. The van der Waals surface area contributed by atoms with Crippen molar-refractivity contribution in [1.29, 1.82) is 0 Å². The topological polar surface area (TPSA) is 51.3 Å². The third kappa shape index (κ3) is 4.72. The summed E-state index contributed by atoms with van der Waals surface area (Å²) in [5.74, 6) is 0.160. The molecule has 3 aromatic rings. The second-order valence-electron chi connectivity index (χ2n) is 8.04. The molecule has 1 aromatic heterocycles. The minimum Gasteiger partial charge on any atom is -0.489 e. The number of hydrogen-bond donors (Lipinski definition) is 1. The summed E-state index contributed by atoms with van der Waals surface area (Å²) in [5.41, 5.74) is 1.77. The number of fused-ring (bicyclic) bond motifs is 1. The molecule has 1 fully saturated rings. The lowest BCUT2D eigenvalue weighted by Crippen LogP contribution is -2.17. The zero-order valence-corrected chi connectivity index (χ0v) is 18.3. The summed E-state index contributed by atoms with van der Waals surface area (Å²) < 4.78 is 51.2. The molecule has 32 heavy (non-hydrogen) atoms. The van der Waals surface area contributed by atoms with Crippen molar-refractivity contribution >= 4 is 28.5 Å². The van der Waals surface area contributed by atoms with Gasteiger partial charge in [0.05, 0.1) is 24.1 Å². The molecule has 2 aromatic carbocycles. The van der Waals surface area contributed by atoms with E-state index in [9.17, 15) is 18.0 Å². The summed E-state index contributed by atoms with van der Waals surface area (Å²) in [7, 11) is 1.33. The number of carbonyl (C=O) groups excluding carboxylic acids is 1. The highest BCUT2D eigenvalue weighted by atomic mass is 35.5. The van der Waals surface area contributed by atoms with Crippen LogP contribution in [0.25, 0.3) is 10.9 Å². The summed E-state index contributed by atoms with van der Waals surface area (Å²) in [6.45, 7) is 0.0107. The molecule has 0 unspecified atom stereocenters. The molecule has 0 spiro atoms. The van der Waals surface area contributed by atoms with Crippen LogP contribution in [-0.4, -0.2) is 18.1 Å². The van der Waals surface area contributed by atoms with E-state index >= 15 is 0 Å². The van der Waals surface area contributed by atoms with Crippen LogP contribution in [-0.2, 0) is 28.7 Å². The van der Waals surface area contributed by atoms with E-state index in [-0.39, 0.29) is 24.9 Å². The molecule has 0 atom stereocenters. The van der Waals surface area contributed by atoms with Gasteiger partial charge in [-0.1, -0.05) is 30.2 Å². The van der Waals surface area contributed by atoms with Crippen molar-refractivity contribution in [3.63, 3.8) is 0 Å². The summed E-state index contributed by atoms with van der Waals surface area (Å²) in [6.07, 6.45) is -1.20. The fourth-order valence-corrected chi connectivity index (χ4v) is 4.26. The summed E-state index contributed by atoms with van der Waals surface area (Å²) in [6, 6.07) is 9.75. The zero-order chi connectivity index (χ0) is 22.9. The van der Waals surface area contributed by atoms with Crippen LogP contribution >= 0.6 is 11.6 Å². The number of aromatic amines is 1. The van der Waals surface area contributed by atoms with E-state index in [0.717, 1.165) is 30.2 Å². The van der Waals surface area contributed by atoms with Gasteiger partial charge in [0.1, 0.15) is 12.4 Å². The van der Waals surface area contributed by atoms with Gasteiger partial charge in [0, 0.05) is 16.6 Å². The van der Waals surface area contributed by atoms with Gasteiger partial charge >= 0.3 is 12.1 Å². The van der Waals surface area contributed by atoms with Crippen molar-refractivity contribution in [2.45, 2.75) is 50.8 Å². The van der Waals surface area contributed by atoms with Gasteiger partial charge in [0.2, 0.25) is 0 Å². The molecule has 1 aliphatic rings. The quantitative estimate of drug-likeness (QED) is 0.391. The number of ether oxygens (including phenoxy) is 2. The Balaban J connectivity index is 1.50. The number of H-pyrrole nitrogens is 1. The van der Waals surface area contributed by atoms with E-state index < -0.39 is 11.7 Å². The average Bonchev–Trinajstić information content (AvgIpc) is 3.04. The van der Waals surface area contributed by atoms with Crippen LogP contribution in [0.1, 0.15) is 54.0 Å². The minimum atomic E-state index is -4.39. The highest BCUT2D eigenvalue weighted by molar-refractivity contribution is 6.36. The number of hydrogen-bond acceptors (Lipinski definition) is 3. The van der Waals surface area contributed by atoms with Gasteiger partial charge in [0.15, 0.2) is 0 Å². The number of nitrogens with one attached hydrogen (secondary N) is 1. The van der Waals surface area contributed by atoms with Crippen LogP contribution in [0, 0.1) is 0 Å². The first kappa shape index (κ1) is 22.5. The fraction of sp³-hybridized carbons (Fsp3) is 0.375. The van der Waals surface area contributed by atoms with Crippen molar-refractivity contribution in [3.8, 4) is 5.75 Å². The normalized spacial score (nSPS) is 14.4. The molecule has 1 N–H and O–H groups in total. The number of alkyl halides is 3. The van der Waals surface area contributed by atoms with E-state index in [1.54, 1.807) is 30.3 Å². The zero-order valence-electron chi connectivity index (χ0n) is 17.5. The first-order valence-corrected chi connectivity index (χ1v) is 10.8. The van der Waals surface area contributed by atoms with Gasteiger partial charge in [-0.2, -0.15) is 13.2 Å². The summed E-state index contributed by atoms with van der Waals surface area (Å²) in [4.78, 5) is 14.6. The lowest BCUT2D eigenvalue weighted by Gasteiger charge is -2.29. The van der Waals surface area contributed by atoms with Gasteiger partial charge in [-0.05, 0) is 60.6 Å². The molecule has 0 aliphatic heterocycles. The molecule has 4 nitrogen and oxygen atoms in total. The Morgan fingerprint density at radius 1 is 1.19 bits per heavy atom. The Morgan fingerprint density at radius 3 is 2.62 bits per heavy atom. The predicted molar refractivity (Wildman–Crippen MR) is 116 cm³/mol. The lowest BCUT2D eigenvalue weighted by atomic mass is 9.78. The SMILES string of the molecule is COC(=O)CCc1[nH]c2ccc(OCc3ccc(C4CCC4)c(C(F)(F)F)c3)cc2c1Cl. The van der Waals surface area contributed by atoms with Crippen LogP contribution in [0.2, 0.25) is 5.02 Å². The van der Waals surface area contributed by atoms with Crippen LogP contribution in [0.4, 0.5) is 13.2 Å². The first-order valence-electron chi connectivity index (χ1n) is 10.5. The average molecular weight is 466 g/mol. The number of aryl methyl sites for hydroxylation is 1. The molecule has 1 saturated carbocycles. The molecule has 170 valence electrons. The lowest BCUT2D eigenvalue weighted by molar-refractivity contribution is -0.140. The number of esters is 1. The van der Waals surface area contributed by atoms with Gasteiger partial charge in [-0.15, -0.1) is 0 Å². The van der Waals surface area contributed by atoms with E-state index in [2.05, 4.69) is 9.72 Å². The number of methoxy groups -OCH3 is 1. The van der Waals surface area contributed by atoms with E-state index in [1.807, 2.05) is 0 Å². The Hall–Kier alpha value is -2.67. The Labute approximate surface area is 188 Å². The van der Waals surface area contributed by atoms with Gasteiger partial charge in [0.25, 0.3) is 0 Å². The molecule has 0 amide bonds. The van der Waals surface area contributed by atoms with Gasteiger partial charge < -0.3 is 14.5 Å². The number of halogens is 4. The molecular formula is C24H23ClF3NO3. The van der Waals surface area contributed by atoms with E-state index in [4.69, 9.17) is 16.3 Å². The van der Waals surface area contributed by atoms with Crippen LogP contribution in [0.3, 0.4) is 0 Å². The maximum atomic E-state index is 13.6. The second-order valence-corrected chi connectivity index (χ2v) is 8.41. The van der Waals surface area contributed by atoms with Gasteiger partial charge in [-0.25, -0.2) is 0 Å². The summed E-state index contributed by atoms with van der Waals surface area (Å²) in [5, 5.41) is 1.21. The van der Waals surface area contributed by atoms with Crippen molar-refractivity contribution in [2.24, 2.45) is 0 Å². The Bertz CT molecular complexity index is 1140. The van der Waals surface area contributed by atoms with Crippen molar-refractivity contribution in [3.05, 3.63) is 63.8 Å². The minimum absolute atomic E-state index is 0.00638. The number of carbonyl (C=O) groups is 1. The maximum absolute atomic E-state index is 13.6. The predicted octanol–water partition coefficient (Wildman–Crippen LogP) is 6.79. The standard InChI is InChI=1S/C24H23ClF3NO3/c1-31-22(30)10-9-21-23(25)18-12-16(6-8-20(18)29-21)32-13-14-5-7-17(15-3-2-4-15)19(11-14)24(26,27)28/h5-8,11-12,15,29H,2-4,9-10,13H2,1H3. The second kappa shape index (κ2) is 9.06. The van der Waals surface area contributed by atoms with E-state index in [0.29, 0.717) is 34.0 Å². The molecule has 0 saturated heterocycles. The molecule has 0 radical (unpaired) electrons. The highest BCUT2D eigenvalue weighted by Crippen LogP contribution is 2.43. The molecule has 1 heterocycles. The smallest absolute Gasteiger partial charge is 0.416 e. The monoisotopic (exact) mass is 465 g/mol. The molecule has 4 rings (SSSR count). The first-order chi connectivity index (χ1) is 15.3. The molecule has 0 bridgehead atoms. The van der Waals surface area contributed by atoms with Gasteiger partial charge in [-0.3, -0.25) is 4.79 Å². The molecule has 1 aliphatic carbocycles. The van der Waals surface area contributed by atoms with Crippen molar-refractivity contribution in [1.82, 2.24) is 4.98 Å². The van der Waals surface area contributed by atoms with Crippen LogP contribution < -0.4 is 4.74 Å². The van der Waals surface area contributed by atoms with E-state index in [1.165, 1.54) is 13.2 Å². The van der Waals surface area contributed by atoms with Crippen LogP contribution in [0.15, 0.2) is 36.4 Å². The highest BCUT2D eigenvalue weighted by Gasteiger charge is 2.36.